The number of benzene rings is 1. The Hall–Kier alpha value is -3.47. The van der Waals surface area contributed by atoms with Gasteiger partial charge in [0.25, 0.3) is 0 Å². The van der Waals surface area contributed by atoms with Crippen molar-refractivity contribution in [2.75, 3.05) is 18.0 Å². The summed E-state index contributed by atoms with van der Waals surface area (Å²) < 4.78 is 6.02. The smallest absolute Gasteiger partial charge is 0.147 e. The Labute approximate surface area is 218 Å². The van der Waals surface area contributed by atoms with Crippen molar-refractivity contribution in [1.82, 2.24) is 15.1 Å². The van der Waals surface area contributed by atoms with Crippen LogP contribution in [0.25, 0.3) is 27.7 Å². The van der Waals surface area contributed by atoms with Crippen LogP contribution >= 0.6 is 0 Å². The SMILES string of the molecule is Cc1cc(C)c2cc(N3CCC4(C=C(c5c(-c6c(C)cncc6C)noc5C5CC5)C4)CC3)ccc2n1. The Morgan fingerprint density at radius 1 is 0.919 bits per heavy atom. The highest BCUT2D eigenvalue weighted by Gasteiger charge is 2.44. The van der Waals surface area contributed by atoms with E-state index < -0.39 is 0 Å². The van der Waals surface area contributed by atoms with Crippen molar-refractivity contribution < 1.29 is 4.52 Å². The highest BCUT2D eigenvalue weighted by atomic mass is 16.5. The summed E-state index contributed by atoms with van der Waals surface area (Å²) in [7, 11) is 0. The fourth-order valence-corrected chi connectivity index (χ4v) is 6.64. The normalized spacial score (nSPS) is 18.8. The van der Waals surface area contributed by atoms with Gasteiger partial charge in [-0.2, -0.15) is 0 Å². The average Bonchev–Trinajstić information content (AvgIpc) is 3.62. The van der Waals surface area contributed by atoms with Gasteiger partial charge in [0.15, 0.2) is 0 Å². The van der Waals surface area contributed by atoms with Gasteiger partial charge in [0.05, 0.1) is 5.52 Å². The first-order valence-electron chi connectivity index (χ1n) is 13.7. The summed E-state index contributed by atoms with van der Waals surface area (Å²) in [6, 6.07) is 8.95. The molecular weight excluding hydrogens is 456 g/mol. The lowest BCUT2D eigenvalue weighted by Crippen LogP contribution is -2.42. The van der Waals surface area contributed by atoms with Crippen LogP contribution in [0.3, 0.4) is 0 Å². The van der Waals surface area contributed by atoms with Crippen molar-refractivity contribution in [1.29, 1.82) is 0 Å². The Kier molecular flexibility index (Phi) is 5.08. The number of aromatic nitrogens is 3. The Bertz CT molecular complexity index is 1550. The number of pyridine rings is 2. The minimum Gasteiger partial charge on any atom is -0.371 e. The molecule has 1 aromatic carbocycles. The molecule has 4 aromatic rings. The summed E-state index contributed by atoms with van der Waals surface area (Å²) in [6.45, 7) is 10.7. The molecule has 1 saturated heterocycles. The third kappa shape index (κ3) is 3.78. The fourth-order valence-electron chi connectivity index (χ4n) is 6.64. The summed E-state index contributed by atoms with van der Waals surface area (Å²) in [5, 5.41) is 5.91. The highest BCUT2D eigenvalue weighted by Crippen LogP contribution is 2.56. The largest absolute Gasteiger partial charge is 0.371 e. The predicted octanol–water partition coefficient (Wildman–Crippen LogP) is 7.47. The second-order valence-electron chi connectivity index (χ2n) is 11.7. The zero-order chi connectivity index (χ0) is 25.3. The van der Waals surface area contributed by atoms with Gasteiger partial charge in [-0.3, -0.25) is 9.97 Å². The van der Waals surface area contributed by atoms with E-state index in [0.29, 0.717) is 11.3 Å². The number of aryl methyl sites for hydroxylation is 4. The minimum absolute atomic E-state index is 0.301. The monoisotopic (exact) mass is 490 g/mol. The van der Waals surface area contributed by atoms with Crippen LogP contribution in [0.15, 0.2) is 47.3 Å². The molecule has 188 valence electrons. The molecule has 0 N–H and O–H groups in total. The van der Waals surface area contributed by atoms with Gasteiger partial charge in [-0.25, -0.2) is 0 Å². The third-order valence-corrected chi connectivity index (χ3v) is 8.82. The molecule has 5 heteroatoms. The van der Waals surface area contributed by atoms with Crippen molar-refractivity contribution >= 4 is 22.2 Å². The zero-order valence-corrected chi connectivity index (χ0v) is 22.3. The molecule has 37 heavy (non-hydrogen) atoms. The van der Waals surface area contributed by atoms with Gasteiger partial charge >= 0.3 is 0 Å². The number of nitrogens with zero attached hydrogens (tertiary/aromatic N) is 4. The molecule has 2 fully saturated rings. The molecule has 0 atom stereocenters. The first-order chi connectivity index (χ1) is 17.9. The van der Waals surface area contributed by atoms with E-state index in [1.165, 1.54) is 59.0 Å². The maximum absolute atomic E-state index is 6.02. The molecule has 0 bridgehead atoms. The number of piperidine rings is 1. The molecule has 1 aliphatic heterocycles. The molecule has 7 rings (SSSR count). The maximum Gasteiger partial charge on any atom is 0.147 e. The van der Waals surface area contributed by atoms with E-state index >= 15 is 0 Å². The Balaban J connectivity index is 1.15. The number of anilines is 1. The van der Waals surface area contributed by atoms with Gasteiger partial charge in [0, 0.05) is 59.3 Å². The lowest BCUT2D eigenvalue weighted by molar-refractivity contribution is 0.277. The molecule has 1 spiro atoms. The second-order valence-corrected chi connectivity index (χ2v) is 11.7. The molecular formula is C32H34N4O. The van der Waals surface area contributed by atoms with E-state index in [9.17, 15) is 0 Å². The lowest BCUT2D eigenvalue weighted by atomic mass is 9.63. The number of allylic oxidation sites excluding steroid dienone is 2. The Morgan fingerprint density at radius 3 is 2.35 bits per heavy atom. The topological polar surface area (TPSA) is 55.1 Å². The van der Waals surface area contributed by atoms with Crippen LogP contribution in [-0.4, -0.2) is 28.2 Å². The standard InChI is InChI=1S/C32H34N4O/c1-19-13-22(4)34-27-8-7-25(14-26(19)27)36-11-9-32(10-12-36)15-24(16-32)29-30(35-37-31(29)23-5-6-23)28-20(2)17-33-18-21(28)3/h7-8,13-15,17-18,23H,5-6,9-12,16H2,1-4H3. The van der Waals surface area contributed by atoms with Crippen LogP contribution in [0.2, 0.25) is 0 Å². The van der Waals surface area contributed by atoms with E-state index in [4.69, 9.17) is 9.51 Å². The van der Waals surface area contributed by atoms with Crippen LogP contribution in [0.4, 0.5) is 5.69 Å². The second kappa shape index (κ2) is 8.27. The molecule has 3 aromatic heterocycles. The van der Waals surface area contributed by atoms with Gasteiger partial charge in [0.1, 0.15) is 11.5 Å². The van der Waals surface area contributed by atoms with Gasteiger partial charge in [-0.05, 0) is 112 Å². The minimum atomic E-state index is 0.301. The number of fused-ring (bicyclic) bond motifs is 1. The summed E-state index contributed by atoms with van der Waals surface area (Å²) in [4.78, 5) is 11.7. The average molecular weight is 491 g/mol. The molecule has 4 heterocycles. The van der Waals surface area contributed by atoms with Crippen LogP contribution in [0, 0.1) is 33.1 Å². The van der Waals surface area contributed by atoms with Gasteiger partial charge in [0.2, 0.25) is 0 Å². The number of hydrogen-bond donors (Lipinski definition) is 0. The number of rotatable bonds is 4. The van der Waals surface area contributed by atoms with E-state index in [0.717, 1.165) is 53.3 Å². The highest BCUT2D eigenvalue weighted by molar-refractivity contribution is 5.87. The van der Waals surface area contributed by atoms with E-state index in [1.807, 2.05) is 12.4 Å². The van der Waals surface area contributed by atoms with E-state index in [1.54, 1.807) is 0 Å². The van der Waals surface area contributed by atoms with Gasteiger partial charge in [-0.1, -0.05) is 11.2 Å². The maximum atomic E-state index is 6.02. The molecule has 0 unspecified atom stereocenters. The van der Waals surface area contributed by atoms with Crippen LogP contribution < -0.4 is 4.90 Å². The molecule has 5 nitrogen and oxygen atoms in total. The summed E-state index contributed by atoms with van der Waals surface area (Å²) >= 11 is 0. The third-order valence-electron chi connectivity index (χ3n) is 8.82. The molecule has 0 radical (unpaired) electrons. The van der Waals surface area contributed by atoms with Crippen LogP contribution in [0.5, 0.6) is 0 Å². The van der Waals surface area contributed by atoms with Crippen LogP contribution in [-0.2, 0) is 0 Å². The molecule has 1 saturated carbocycles. The molecule has 0 amide bonds. The Morgan fingerprint density at radius 2 is 1.65 bits per heavy atom. The summed E-state index contributed by atoms with van der Waals surface area (Å²) in [5.41, 5.74) is 12.4. The molecule has 2 aliphatic carbocycles. The molecule has 3 aliphatic rings. The van der Waals surface area contributed by atoms with Crippen molar-refractivity contribution in [2.24, 2.45) is 5.41 Å². The predicted molar refractivity (Wildman–Crippen MR) is 149 cm³/mol. The fraction of sp³-hybridized carbons (Fsp3) is 0.406. The zero-order valence-electron chi connectivity index (χ0n) is 22.3. The van der Waals surface area contributed by atoms with E-state index in [-0.39, 0.29) is 0 Å². The van der Waals surface area contributed by atoms with Crippen molar-refractivity contribution in [2.45, 2.75) is 65.7 Å². The first-order valence-corrected chi connectivity index (χ1v) is 13.7. The first kappa shape index (κ1) is 22.7. The van der Waals surface area contributed by atoms with Gasteiger partial charge < -0.3 is 9.42 Å². The summed E-state index contributed by atoms with van der Waals surface area (Å²) in [6.07, 6.45) is 12.4. The summed E-state index contributed by atoms with van der Waals surface area (Å²) in [5.74, 6) is 1.65. The lowest BCUT2D eigenvalue weighted by Gasteiger charge is -2.47. The number of hydrogen-bond acceptors (Lipinski definition) is 5. The van der Waals surface area contributed by atoms with E-state index in [2.05, 4.69) is 73.1 Å². The van der Waals surface area contributed by atoms with Crippen molar-refractivity contribution in [3.63, 3.8) is 0 Å². The van der Waals surface area contributed by atoms with Gasteiger partial charge in [-0.15, -0.1) is 0 Å². The van der Waals surface area contributed by atoms with Crippen LogP contribution in [0.1, 0.15) is 71.7 Å². The van der Waals surface area contributed by atoms with Crippen molar-refractivity contribution in [3.05, 3.63) is 76.4 Å². The van der Waals surface area contributed by atoms with Crippen molar-refractivity contribution in [3.8, 4) is 11.3 Å². The quantitative estimate of drug-likeness (QED) is 0.297.